The Morgan fingerprint density at radius 1 is 1.04 bits per heavy atom. The van der Waals surface area contributed by atoms with Crippen molar-refractivity contribution in [3.8, 4) is 0 Å². The number of hydrogen-bond acceptors (Lipinski definition) is 3. The first kappa shape index (κ1) is 18.7. The molecule has 24 heavy (non-hydrogen) atoms. The Balaban J connectivity index is 0.000000185. The summed E-state index contributed by atoms with van der Waals surface area (Å²) in [5.74, 6) is 3.90. The highest BCUT2D eigenvalue weighted by Crippen LogP contribution is 2.30. The van der Waals surface area contributed by atoms with E-state index in [1.54, 1.807) is 0 Å². The number of aryl methyl sites for hydroxylation is 1. The molecule has 0 spiro atoms. The van der Waals surface area contributed by atoms with Gasteiger partial charge in [0.2, 0.25) is 0 Å². The standard InChI is InChI=1S/C11H13N3.C10H20/c1-8-12-10-7-5-4-6-9(10)11(13-8)14(2)3;1-3-4-10-7-5-9(2)6-8-10/h4-7H,1-3H3;9-10H,3-8H2,1-2H3. The lowest BCUT2D eigenvalue weighted by molar-refractivity contribution is 0.276. The van der Waals surface area contributed by atoms with Crippen molar-refractivity contribution in [2.24, 2.45) is 11.8 Å². The number of aromatic nitrogens is 2. The molecule has 3 heteroatoms. The van der Waals surface area contributed by atoms with Crippen LogP contribution in [0.15, 0.2) is 24.3 Å². The topological polar surface area (TPSA) is 29.0 Å². The van der Waals surface area contributed by atoms with Crippen LogP contribution < -0.4 is 4.90 Å². The summed E-state index contributed by atoms with van der Waals surface area (Å²) in [6.07, 6.45) is 8.87. The van der Waals surface area contributed by atoms with E-state index in [0.29, 0.717) is 0 Å². The van der Waals surface area contributed by atoms with Crippen LogP contribution in [0.1, 0.15) is 58.2 Å². The molecule has 1 aliphatic carbocycles. The molecule has 0 amide bonds. The second-order valence-corrected chi connectivity index (χ2v) is 7.42. The maximum atomic E-state index is 4.42. The van der Waals surface area contributed by atoms with Crippen molar-refractivity contribution in [3.05, 3.63) is 30.1 Å². The minimum absolute atomic E-state index is 0.812. The molecule has 0 aliphatic heterocycles. The first-order valence-electron chi connectivity index (χ1n) is 9.42. The molecule has 0 N–H and O–H groups in total. The first-order chi connectivity index (χ1) is 11.5. The molecule has 132 valence electrons. The molecule has 1 aliphatic rings. The summed E-state index contributed by atoms with van der Waals surface area (Å²) in [5, 5.41) is 1.10. The van der Waals surface area contributed by atoms with Gasteiger partial charge in [-0.1, -0.05) is 64.5 Å². The Labute approximate surface area is 147 Å². The molecule has 0 radical (unpaired) electrons. The Kier molecular flexibility index (Phi) is 7.01. The highest BCUT2D eigenvalue weighted by molar-refractivity contribution is 5.89. The Hall–Kier alpha value is -1.64. The fraction of sp³-hybridized carbons (Fsp3) is 0.619. The largest absolute Gasteiger partial charge is 0.362 e. The zero-order valence-electron chi connectivity index (χ0n) is 16.0. The van der Waals surface area contributed by atoms with E-state index in [1.165, 1.54) is 38.5 Å². The molecule has 3 nitrogen and oxygen atoms in total. The van der Waals surface area contributed by atoms with Gasteiger partial charge in [0.25, 0.3) is 0 Å². The number of hydrogen-bond donors (Lipinski definition) is 0. The molecule has 1 aromatic heterocycles. The van der Waals surface area contributed by atoms with Crippen LogP contribution in [0.4, 0.5) is 5.82 Å². The second kappa shape index (κ2) is 9.00. The number of anilines is 1. The minimum atomic E-state index is 0.812. The lowest BCUT2D eigenvalue weighted by atomic mass is 9.81. The van der Waals surface area contributed by atoms with Gasteiger partial charge in [-0.05, 0) is 30.9 Å². The van der Waals surface area contributed by atoms with Crippen molar-refractivity contribution in [3.63, 3.8) is 0 Å². The SMILES string of the molecule is CCCC1CCC(C)CC1.Cc1nc(N(C)C)c2ccccc2n1. The maximum absolute atomic E-state index is 4.42. The average molecular weight is 328 g/mol. The van der Waals surface area contributed by atoms with Crippen molar-refractivity contribution < 1.29 is 0 Å². The van der Waals surface area contributed by atoms with Gasteiger partial charge in [0.1, 0.15) is 11.6 Å². The summed E-state index contributed by atoms with van der Waals surface area (Å²) in [7, 11) is 3.99. The number of para-hydroxylation sites is 1. The summed E-state index contributed by atoms with van der Waals surface area (Å²) in [4.78, 5) is 10.8. The molecule has 0 bridgehead atoms. The Morgan fingerprint density at radius 2 is 1.71 bits per heavy atom. The van der Waals surface area contributed by atoms with Gasteiger partial charge in [0, 0.05) is 19.5 Å². The predicted octanol–water partition coefficient (Wildman–Crippen LogP) is 5.62. The normalized spacial score (nSPS) is 20.4. The van der Waals surface area contributed by atoms with Crippen LogP contribution in [-0.4, -0.2) is 24.1 Å². The smallest absolute Gasteiger partial charge is 0.139 e. The van der Waals surface area contributed by atoms with E-state index in [-0.39, 0.29) is 0 Å². The van der Waals surface area contributed by atoms with Crippen molar-refractivity contribution in [2.45, 2.75) is 59.3 Å². The molecule has 1 heterocycles. The molecule has 1 saturated carbocycles. The molecule has 1 fully saturated rings. The summed E-state index contributed by atoms with van der Waals surface area (Å²) < 4.78 is 0. The third-order valence-corrected chi connectivity index (χ3v) is 4.95. The fourth-order valence-corrected chi connectivity index (χ4v) is 3.54. The lowest BCUT2D eigenvalue weighted by Gasteiger charge is -2.25. The van der Waals surface area contributed by atoms with E-state index in [0.717, 1.165) is 34.4 Å². The predicted molar refractivity (Wildman–Crippen MR) is 105 cm³/mol. The van der Waals surface area contributed by atoms with Crippen LogP contribution in [0, 0.1) is 18.8 Å². The van der Waals surface area contributed by atoms with Crippen LogP contribution in [0.3, 0.4) is 0 Å². The molecular weight excluding hydrogens is 294 g/mol. The van der Waals surface area contributed by atoms with Gasteiger partial charge in [0.05, 0.1) is 5.52 Å². The van der Waals surface area contributed by atoms with Gasteiger partial charge in [-0.25, -0.2) is 9.97 Å². The second-order valence-electron chi connectivity index (χ2n) is 7.42. The molecule has 0 saturated heterocycles. The Bertz CT molecular complexity index is 628. The van der Waals surface area contributed by atoms with Crippen molar-refractivity contribution in [2.75, 3.05) is 19.0 Å². The zero-order chi connectivity index (χ0) is 17.5. The van der Waals surface area contributed by atoms with Crippen LogP contribution in [0.5, 0.6) is 0 Å². The number of nitrogens with zero attached hydrogens (tertiary/aromatic N) is 3. The molecule has 0 atom stereocenters. The van der Waals surface area contributed by atoms with Gasteiger partial charge in [-0.3, -0.25) is 0 Å². The van der Waals surface area contributed by atoms with E-state index in [4.69, 9.17) is 0 Å². The molecule has 3 rings (SSSR count). The number of fused-ring (bicyclic) bond motifs is 1. The van der Waals surface area contributed by atoms with E-state index < -0.39 is 0 Å². The molecular formula is C21H33N3. The monoisotopic (exact) mass is 327 g/mol. The maximum Gasteiger partial charge on any atom is 0.139 e. The molecule has 2 aromatic rings. The van der Waals surface area contributed by atoms with E-state index >= 15 is 0 Å². The third-order valence-electron chi connectivity index (χ3n) is 4.95. The summed E-state index contributed by atoms with van der Waals surface area (Å²) in [5.41, 5.74) is 1.00. The molecule has 1 aromatic carbocycles. The summed E-state index contributed by atoms with van der Waals surface area (Å²) >= 11 is 0. The highest BCUT2D eigenvalue weighted by atomic mass is 15.1. The average Bonchev–Trinajstić information content (AvgIpc) is 2.57. The van der Waals surface area contributed by atoms with Crippen LogP contribution in [0.25, 0.3) is 10.9 Å². The van der Waals surface area contributed by atoms with Crippen LogP contribution in [-0.2, 0) is 0 Å². The van der Waals surface area contributed by atoms with Crippen LogP contribution in [0.2, 0.25) is 0 Å². The van der Waals surface area contributed by atoms with Gasteiger partial charge >= 0.3 is 0 Å². The summed E-state index contributed by atoms with van der Waals surface area (Å²) in [6.45, 7) is 6.61. The van der Waals surface area contributed by atoms with Crippen LogP contribution >= 0.6 is 0 Å². The highest BCUT2D eigenvalue weighted by Gasteiger charge is 2.16. The van der Waals surface area contributed by atoms with Crippen molar-refractivity contribution in [1.29, 1.82) is 0 Å². The first-order valence-corrected chi connectivity index (χ1v) is 9.42. The van der Waals surface area contributed by atoms with E-state index in [1.807, 2.05) is 50.2 Å². The quantitative estimate of drug-likeness (QED) is 0.733. The van der Waals surface area contributed by atoms with E-state index in [2.05, 4.69) is 23.8 Å². The minimum Gasteiger partial charge on any atom is -0.362 e. The molecule has 0 unspecified atom stereocenters. The van der Waals surface area contributed by atoms with Crippen molar-refractivity contribution in [1.82, 2.24) is 9.97 Å². The number of benzene rings is 1. The lowest BCUT2D eigenvalue weighted by Crippen LogP contribution is -2.12. The van der Waals surface area contributed by atoms with Gasteiger partial charge < -0.3 is 4.90 Å². The van der Waals surface area contributed by atoms with Gasteiger partial charge in [-0.2, -0.15) is 0 Å². The Morgan fingerprint density at radius 3 is 2.33 bits per heavy atom. The van der Waals surface area contributed by atoms with Crippen molar-refractivity contribution >= 4 is 16.7 Å². The van der Waals surface area contributed by atoms with Gasteiger partial charge in [0.15, 0.2) is 0 Å². The van der Waals surface area contributed by atoms with Gasteiger partial charge in [-0.15, -0.1) is 0 Å². The number of rotatable bonds is 3. The zero-order valence-corrected chi connectivity index (χ0v) is 16.0. The summed E-state index contributed by atoms with van der Waals surface area (Å²) in [6, 6.07) is 8.06. The third kappa shape index (κ3) is 5.19. The fourth-order valence-electron chi connectivity index (χ4n) is 3.54. The van der Waals surface area contributed by atoms with E-state index in [9.17, 15) is 0 Å².